The number of halogens is 1. The quantitative estimate of drug-likeness (QED) is 0.264. The van der Waals surface area contributed by atoms with Crippen molar-refractivity contribution in [3.63, 3.8) is 0 Å². The van der Waals surface area contributed by atoms with Crippen molar-refractivity contribution in [2.75, 3.05) is 0 Å². The third-order valence-electron chi connectivity index (χ3n) is 5.87. The largest absolute Gasteiger partial charge is 0.247 e. The summed E-state index contributed by atoms with van der Waals surface area (Å²) in [5.74, 6) is 0. The summed E-state index contributed by atoms with van der Waals surface area (Å²) < 4.78 is 0. The lowest BCUT2D eigenvalue weighted by molar-refractivity contribution is 1.15. The molecule has 160 valence electrons. The first-order valence-electron chi connectivity index (χ1n) is 11.1. The maximum absolute atomic E-state index is 6.20. The monoisotopic (exact) mass is 445 g/mol. The maximum Gasteiger partial charge on any atom is 0.0788 e. The zero-order valence-corrected chi connectivity index (χ0v) is 19.3. The van der Waals surface area contributed by atoms with Crippen LogP contribution in [0, 0.1) is 6.92 Å². The minimum atomic E-state index is 0.731. The van der Waals surface area contributed by atoms with Crippen LogP contribution in [0.4, 0.5) is 0 Å². The van der Waals surface area contributed by atoms with E-state index in [9.17, 15) is 0 Å². The molecule has 1 nitrogen and oxygen atoms in total. The normalized spacial score (nSPS) is 10.8. The van der Waals surface area contributed by atoms with Gasteiger partial charge in [-0.1, -0.05) is 114 Å². The topological polar surface area (TPSA) is 12.9 Å². The zero-order valence-electron chi connectivity index (χ0n) is 18.5. The highest BCUT2D eigenvalue weighted by atomic mass is 35.5. The Morgan fingerprint density at radius 3 is 1.85 bits per heavy atom. The van der Waals surface area contributed by atoms with Gasteiger partial charge in [0.05, 0.1) is 11.4 Å². The average molecular weight is 446 g/mol. The average Bonchev–Trinajstić information content (AvgIpc) is 2.86. The van der Waals surface area contributed by atoms with Crippen molar-refractivity contribution < 1.29 is 0 Å². The molecule has 0 aliphatic heterocycles. The molecule has 0 atom stereocenters. The lowest BCUT2D eigenvalue weighted by atomic mass is 9.92. The fraction of sp³-hybridized carbons (Fsp3) is 0.0645. The molecule has 33 heavy (non-hydrogen) atoms. The summed E-state index contributed by atoms with van der Waals surface area (Å²) >= 11 is 6.20. The standard InChI is InChI=1S/C31H24ClN/c1-22-12-14-26(15-13-22)31-29(24-16-18-28(32)19-17-24)21-27(20-23-8-4-2-5-9-23)30(33-31)25-10-6-3-7-11-25/h2-19,21H,20H2,1H3. The Kier molecular flexibility index (Phi) is 6.06. The van der Waals surface area contributed by atoms with E-state index in [4.69, 9.17) is 16.6 Å². The Balaban J connectivity index is 1.76. The van der Waals surface area contributed by atoms with Gasteiger partial charge in [0.2, 0.25) is 0 Å². The highest BCUT2D eigenvalue weighted by Gasteiger charge is 2.17. The summed E-state index contributed by atoms with van der Waals surface area (Å²) in [5.41, 5.74) is 10.2. The molecule has 5 rings (SSSR count). The Bertz CT molecular complexity index is 1360. The van der Waals surface area contributed by atoms with Gasteiger partial charge in [-0.3, -0.25) is 0 Å². The van der Waals surface area contributed by atoms with Crippen LogP contribution in [-0.4, -0.2) is 4.98 Å². The lowest BCUT2D eigenvalue weighted by Crippen LogP contribution is -2.00. The predicted octanol–water partition coefficient (Wildman–Crippen LogP) is 8.64. The molecular formula is C31H24ClN. The van der Waals surface area contributed by atoms with E-state index in [1.54, 1.807) is 0 Å². The Morgan fingerprint density at radius 2 is 1.18 bits per heavy atom. The molecule has 0 aliphatic carbocycles. The molecule has 0 saturated heterocycles. The van der Waals surface area contributed by atoms with E-state index < -0.39 is 0 Å². The van der Waals surface area contributed by atoms with Crippen molar-refractivity contribution in [2.24, 2.45) is 0 Å². The van der Waals surface area contributed by atoms with Crippen LogP contribution in [0.1, 0.15) is 16.7 Å². The number of benzene rings is 4. The fourth-order valence-electron chi connectivity index (χ4n) is 4.13. The van der Waals surface area contributed by atoms with Crippen molar-refractivity contribution in [2.45, 2.75) is 13.3 Å². The first-order valence-corrected chi connectivity index (χ1v) is 11.5. The van der Waals surface area contributed by atoms with Crippen molar-refractivity contribution >= 4 is 11.6 Å². The highest BCUT2D eigenvalue weighted by Crippen LogP contribution is 2.36. The van der Waals surface area contributed by atoms with E-state index in [0.717, 1.165) is 45.1 Å². The number of pyridine rings is 1. The molecule has 0 amide bonds. The van der Waals surface area contributed by atoms with Crippen LogP contribution in [0.5, 0.6) is 0 Å². The van der Waals surface area contributed by atoms with Gasteiger partial charge in [-0.05, 0) is 48.2 Å². The Hall–Kier alpha value is -3.68. The van der Waals surface area contributed by atoms with Gasteiger partial charge < -0.3 is 0 Å². The van der Waals surface area contributed by atoms with Gasteiger partial charge in [-0.15, -0.1) is 0 Å². The van der Waals surface area contributed by atoms with Crippen LogP contribution in [0.3, 0.4) is 0 Å². The Labute approximate surface area is 200 Å². The number of rotatable bonds is 5. The second kappa shape index (κ2) is 9.44. The highest BCUT2D eigenvalue weighted by molar-refractivity contribution is 6.30. The molecule has 2 heteroatoms. The van der Waals surface area contributed by atoms with Gasteiger partial charge in [0.25, 0.3) is 0 Å². The molecule has 0 radical (unpaired) electrons. The maximum atomic E-state index is 6.20. The molecule has 4 aromatic carbocycles. The molecule has 0 unspecified atom stereocenters. The third-order valence-corrected chi connectivity index (χ3v) is 6.12. The van der Waals surface area contributed by atoms with Crippen LogP contribution < -0.4 is 0 Å². The first kappa shape index (κ1) is 21.2. The van der Waals surface area contributed by atoms with E-state index >= 15 is 0 Å². The lowest BCUT2D eigenvalue weighted by Gasteiger charge is -2.17. The molecule has 0 aliphatic rings. The smallest absolute Gasteiger partial charge is 0.0788 e. The molecule has 0 saturated carbocycles. The van der Waals surface area contributed by atoms with Gasteiger partial charge in [0.1, 0.15) is 0 Å². The molecule has 0 bridgehead atoms. The summed E-state index contributed by atoms with van der Waals surface area (Å²) in [7, 11) is 0. The molecule has 5 aromatic rings. The van der Waals surface area contributed by atoms with Crippen LogP contribution in [-0.2, 0) is 6.42 Å². The fourth-order valence-corrected chi connectivity index (χ4v) is 4.26. The van der Waals surface area contributed by atoms with Gasteiger partial charge in [0, 0.05) is 21.7 Å². The van der Waals surface area contributed by atoms with Crippen molar-refractivity contribution in [3.8, 4) is 33.6 Å². The van der Waals surface area contributed by atoms with Crippen molar-refractivity contribution in [1.82, 2.24) is 4.98 Å². The molecule has 0 spiro atoms. The number of hydrogen-bond donors (Lipinski definition) is 0. The minimum Gasteiger partial charge on any atom is -0.247 e. The summed E-state index contributed by atoms with van der Waals surface area (Å²) in [5, 5.41) is 0.731. The molecule has 1 heterocycles. The van der Waals surface area contributed by atoms with Gasteiger partial charge in [-0.25, -0.2) is 4.98 Å². The van der Waals surface area contributed by atoms with E-state index in [-0.39, 0.29) is 0 Å². The summed E-state index contributed by atoms with van der Waals surface area (Å²) in [6.45, 7) is 2.11. The number of hydrogen-bond acceptors (Lipinski definition) is 1. The second-order valence-corrected chi connectivity index (χ2v) is 8.73. The van der Waals surface area contributed by atoms with E-state index in [0.29, 0.717) is 0 Å². The number of nitrogens with zero attached hydrogens (tertiary/aromatic N) is 1. The molecular weight excluding hydrogens is 422 g/mol. The molecule has 0 fully saturated rings. The first-order chi connectivity index (χ1) is 16.2. The van der Waals surface area contributed by atoms with E-state index in [1.165, 1.54) is 16.7 Å². The summed E-state index contributed by atoms with van der Waals surface area (Å²) in [6, 6.07) is 40.0. The SMILES string of the molecule is Cc1ccc(-c2nc(-c3ccccc3)c(Cc3ccccc3)cc2-c2ccc(Cl)cc2)cc1. The predicted molar refractivity (Wildman–Crippen MR) is 140 cm³/mol. The molecule has 0 N–H and O–H groups in total. The van der Waals surface area contributed by atoms with Crippen LogP contribution in [0.25, 0.3) is 33.6 Å². The second-order valence-electron chi connectivity index (χ2n) is 8.29. The van der Waals surface area contributed by atoms with Crippen LogP contribution in [0.2, 0.25) is 5.02 Å². The Morgan fingerprint density at radius 1 is 0.606 bits per heavy atom. The van der Waals surface area contributed by atoms with Crippen molar-refractivity contribution in [3.05, 3.63) is 137 Å². The third kappa shape index (κ3) is 4.74. The van der Waals surface area contributed by atoms with Crippen molar-refractivity contribution in [1.29, 1.82) is 0 Å². The molecule has 1 aromatic heterocycles. The van der Waals surface area contributed by atoms with Gasteiger partial charge in [0.15, 0.2) is 0 Å². The summed E-state index contributed by atoms with van der Waals surface area (Å²) in [6.07, 6.45) is 0.812. The number of aryl methyl sites for hydroxylation is 1. The number of aromatic nitrogens is 1. The van der Waals surface area contributed by atoms with Gasteiger partial charge >= 0.3 is 0 Å². The summed E-state index contributed by atoms with van der Waals surface area (Å²) in [4.78, 5) is 5.30. The zero-order chi connectivity index (χ0) is 22.6. The minimum absolute atomic E-state index is 0.731. The van der Waals surface area contributed by atoms with Gasteiger partial charge in [-0.2, -0.15) is 0 Å². The van der Waals surface area contributed by atoms with E-state index in [2.05, 4.69) is 104 Å². The van der Waals surface area contributed by atoms with Crippen LogP contribution >= 0.6 is 11.6 Å². The van der Waals surface area contributed by atoms with E-state index in [1.807, 2.05) is 18.2 Å². The van der Waals surface area contributed by atoms with Crippen LogP contribution in [0.15, 0.2) is 115 Å².